The van der Waals surface area contributed by atoms with Gasteiger partial charge in [0.15, 0.2) is 9.84 Å². The maximum absolute atomic E-state index is 12.7. The van der Waals surface area contributed by atoms with E-state index in [2.05, 4.69) is 20.8 Å². The summed E-state index contributed by atoms with van der Waals surface area (Å²) in [6.45, 7) is 6.42. The third-order valence-electron chi connectivity index (χ3n) is 4.45. The van der Waals surface area contributed by atoms with Gasteiger partial charge in [-0.25, -0.2) is 8.42 Å². The lowest BCUT2D eigenvalue weighted by Crippen LogP contribution is -2.42. The Labute approximate surface area is 121 Å². The van der Waals surface area contributed by atoms with Crippen molar-refractivity contribution in [1.29, 1.82) is 0 Å². The molecule has 1 aromatic rings. The maximum Gasteiger partial charge on any atom is 0.183 e. The summed E-state index contributed by atoms with van der Waals surface area (Å²) in [6, 6.07) is 8.48. The lowest BCUT2D eigenvalue weighted by Gasteiger charge is -2.39. The zero-order chi connectivity index (χ0) is 15.0. The van der Waals surface area contributed by atoms with E-state index < -0.39 is 21.2 Å². The van der Waals surface area contributed by atoms with E-state index in [1.165, 1.54) is 0 Å². The van der Waals surface area contributed by atoms with Crippen LogP contribution in [0.15, 0.2) is 35.2 Å². The molecular weight excluding hydrogens is 272 g/mol. The molecule has 0 radical (unpaired) electrons. The molecule has 0 heterocycles. The molecular formula is C16H24O3S. The van der Waals surface area contributed by atoms with E-state index in [4.69, 9.17) is 0 Å². The van der Waals surface area contributed by atoms with Gasteiger partial charge in [0, 0.05) is 0 Å². The largest absolute Gasteiger partial charge is 0.392 e. The van der Waals surface area contributed by atoms with Crippen LogP contribution < -0.4 is 0 Å². The van der Waals surface area contributed by atoms with Crippen LogP contribution in [-0.4, -0.2) is 24.9 Å². The smallest absolute Gasteiger partial charge is 0.183 e. The van der Waals surface area contributed by atoms with Crippen molar-refractivity contribution in [2.75, 3.05) is 0 Å². The number of hydrogen-bond acceptors (Lipinski definition) is 3. The molecule has 1 aliphatic rings. The maximum atomic E-state index is 12.7. The first-order chi connectivity index (χ1) is 9.23. The monoisotopic (exact) mass is 296 g/mol. The Morgan fingerprint density at radius 2 is 1.70 bits per heavy atom. The van der Waals surface area contributed by atoms with Crippen LogP contribution in [0, 0.1) is 11.3 Å². The number of hydrogen-bond donors (Lipinski definition) is 1. The van der Waals surface area contributed by atoms with Gasteiger partial charge in [-0.15, -0.1) is 0 Å². The van der Waals surface area contributed by atoms with Crippen molar-refractivity contribution in [3.63, 3.8) is 0 Å². The van der Waals surface area contributed by atoms with Crippen molar-refractivity contribution in [2.24, 2.45) is 11.3 Å². The predicted molar refractivity (Wildman–Crippen MR) is 80.2 cm³/mol. The number of aliphatic hydroxyl groups is 1. The first-order valence-electron chi connectivity index (χ1n) is 7.20. The highest BCUT2D eigenvalue weighted by molar-refractivity contribution is 7.92. The van der Waals surface area contributed by atoms with Crippen LogP contribution in [-0.2, 0) is 9.84 Å². The summed E-state index contributed by atoms with van der Waals surface area (Å²) in [4.78, 5) is 0.318. The Morgan fingerprint density at radius 1 is 1.10 bits per heavy atom. The summed E-state index contributed by atoms with van der Waals surface area (Å²) in [5.41, 5.74) is 0.0740. The molecule has 0 bridgehead atoms. The molecule has 0 spiro atoms. The number of rotatable bonds is 2. The third kappa shape index (κ3) is 3.07. The second-order valence-corrected chi connectivity index (χ2v) is 9.01. The van der Waals surface area contributed by atoms with Crippen LogP contribution >= 0.6 is 0 Å². The van der Waals surface area contributed by atoms with Gasteiger partial charge in [-0.2, -0.15) is 0 Å². The normalized spacial score (nSPS) is 28.3. The molecule has 3 nitrogen and oxygen atoms in total. The lowest BCUT2D eigenvalue weighted by molar-refractivity contribution is 0.0757. The van der Waals surface area contributed by atoms with Crippen LogP contribution in [0.2, 0.25) is 0 Å². The summed E-state index contributed by atoms with van der Waals surface area (Å²) in [7, 11) is -3.45. The third-order valence-corrected chi connectivity index (χ3v) is 6.68. The zero-order valence-corrected chi connectivity index (χ0v) is 13.2. The molecule has 0 aliphatic heterocycles. The first kappa shape index (κ1) is 15.5. The van der Waals surface area contributed by atoms with Crippen LogP contribution in [0.3, 0.4) is 0 Å². The van der Waals surface area contributed by atoms with Gasteiger partial charge in [-0.05, 0) is 42.7 Å². The fourth-order valence-corrected chi connectivity index (χ4v) is 4.94. The van der Waals surface area contributed by atoms with E-state index in [0.717, 1.165) is 6.42 Å². The minimum Gasteiger partial charge on any atom is -0.392 e. The molecule has 0 saturated heterocycles. The highest BCUT2D eigenvalue weighted by Crippen LogP contribution is 2.41. The molecule has 0 aromatic heterocycles. The van der Waals surface area contributed by atoms with Gasteiger partial charge < -0.3 is 5.11 Å². The fourth-order valence-electron chi connectivity index (χ4n) is 3.02. The Bertz CT molecular complexity index is 543. The number of aliphatic hydroxyl groups excluding tert-OH is 1. The minimum absolute atomic E-state index is 0.0740. The quantitative estimate of drug-likeness (QED) is 0.912. The van der Waals surface area contributed by atoms with Crippen LogP contribution in [0.4, 0.5) is 0 Å². The Morgan fingerprint density at radius 3 is 2.25 bits per heavy atom. The van der Waals surface area contributed by atoms with Gasteiger partial charge in [0.1, 0.15) is 0 Å². The molecule has 112 valence electrons. The van der Waals surface area contributed by atoms with E-state index >= 15 is 0 Å². The van der Waals surface area contributed by atoms with Crippen molar-refractivity contribution in [3.05, 3.63) is 30.3 Å². The molecule has 0 amide bonds. The number of sulfone groups is 1. The summed E-state index contributed by atoms with van der Waals surface area (Å²) < 4.78 is 25.4. The molecule has 1 aromatic carbocycles. The molecule has 4 heteroatoms. The molecule has 3 atom stereocenters. The van der Waals surface area contributed by atoms with Gasteiger partial charge in [-0.3, -0.25) is 0 Å². The van der Waals surface area contributed by atoms with Crippen LogP contribution in [0.25, 0.3) is 0 Å². The first-order valence-corrected chi connectivity index (χ1v) is 8.74. The van der Waals surface area contributed by atoms with Crippen molar-refractivity contribution >= 4 is 9.84 Å². The molecule has 2 rings (SSSR count). The van der Waals surface area contributed by atoms with E-state index in [1.807, 2.05) is 0 Å². The number of benzene rings is 1. The van der Waals surface area contributed by atoms with Gasteiger partial charge >= 0.3 is 0 Å². The second-order valence-electron chi connectivity index (χ2n) is 6.84. The van der Waals surface area contributed by atoms with Crippen molar-refractivity contribution < 1.29 is 13.5 Å². The standard InChI is InChI=1S/C16H24O3S/c1-16(2,3)12-9-10-14(17)15(11-12)20(18,19)13-7-5-4-6-8-13/h4-8,12,14-15,17H,9-11H2,1-3H3/t12-,14-,15-/m0/s1. The van der Waals surface area contributed by atoms with Crippen molar-refractivity contribution in [1.82, 2.24) is 0 Å². The van der Waals surface area contributed by atoms with Crippen molar-refractivity contribution in [3.8, 4) is 0 Å². The average Bonchev–Trinajstić information content (AvgIpc) is 2.38. The SMILES string of the molecule is CC(C)(C)[C@H]1CC[C@H](O)[C@@H](S(=O)(=O)c2ccccc2)C1. The molecule has 1 fully saturated rings. The lowest BCUT2D eigenvalue weighted by atomic mass is 9.71. The topological polar surface area (TPSA) is 54.4 Å². The summed E-state index contributed by atoms with van der Waals surface area (Å²) in [5.74, 6) is 0.328. The molecule has 1 saturated carbocycles. The van der Waals surface area contributed by atoms with E-state index in [-0.39, 0.29) is 5.41 Å². The van der Waals surface area contributed by atoms with Crippen molar-refractivity contribution in [2.45, 2.75) is 56.3 Å². The Balaban J connectivity index is 2.30. The predicted octanol–water partition coefficient (Wildman–Crippen LogP) is 3.04. The fraction of sp³-hybridized carbons (Fsp3) is 0.625. The van der Waals surface area contributed by atoms with Crippen LogP contribution in [0.1, 0.15) is 40.0 Å². The van der Waals surface area contributed by atoms with E-state index in [9.17, 15) is 13.5 Å². The zero-order valence-electron chi connectivity index (χ0n) is 12.4. The minimum atomic E-state index is -3.45. The van der Waals surface area contributed by atoms with E-state index in [1.54, 1.807) is 30.3 Å². The summed E-state index contributed by atoms with van der Waals surface area (Å²) >= 11 is 0. The summed E-state index contributed by atoms with van der Waals surface area (Å²) in [5, 5.41) is 9.49. The van der Waals surface area contributed by atoms with Gasteiger partial charge in [0.25, 0.3) is 0 Å². The van der Waals surface area contributed by atoms with Gasteiger partial charge in [0.05, 0.1) is 16.2 Å². The highest BCUT2D eigenvalue weighted by atomic mass is 32.2. The molecule has 1 aliphatic carbocycles. The molecule has 20 heavy (non-hydrogen) atoms. The summed E-state index contributed by atoms with van der Waals surface area (Å²) in [6.07, 6.45) is 1.25. The van der Waals surface area contributed by atoms with Gasteiger partial charge in [-0.1, -0.05) is 39.0 Å². The Hall–Kier alpha value is -0.870. The van der Waals surface area contributed by atoms with Gasteiger partial charge in [0.2, 0.25) is 0 Å². The Kier molecular flexibility index (Phi) is 4.26. The molecule has 0 unspecified atom stereocenters. The van der Waals surface area contributed by atoms with E-state index in [0.29, 0.717) is 23.7 Å². The van der Waals surface area contributed by atoms with Crippen LogP contribution in [0.5, 0.6) is 0 Å². The molecule has 1 N–H and O–H groups in total. The second kappa shape index (κ2) is 5.49. The average molecular weight is 296 g/mol. The highest BCUT2D eigenvalue weighted by Gasteiger charge is 2.42.